The zero-order valence-electron chi connectivity index (χ0n) is 14.7. The van der Waals surface area contributed by atoms with Crippen molar-refractivity contribution in [2.75, 3.05) is 17.8 Å². The molecular weight excluding hydrogens is 412 g/mol. The normalized spacial score (nSPS) is 16.7. The molecule has 2 aromatic carbocycles. The van der Waals surface area contributed by atoms with Gasteiger partial charge in [-0.15, -0.1) is 12.4 Å². The Morgan fingerprint density at radius 2 is 1.79 bits per heavy atom. The van der Waals surface area contributed by atoms with Crippen LogP contribution in [0.2, 0.25) is 0 Å². The lowest BCUT2D eigenvalue weighted by Gasteiger charge is -2.23. The van der Waals surface area contributed by atoms with Gasteiger partial charge in [0, 0.05) is 23.8 Å². The first-order valence-corrected chi connectivity index (χ1v) is 9.93. The minimum atomic E-state index is -4.07. The molecule has 1 amide bonds. The number of nitrogens with one attached hydrogen (secondary N) is 3. The van der Waals surface area contributed by atoms with Crippen molar-refractivity contribution in [3.63, 3.8) is 0 Å². The minimum Gasteiger partial charge on any atom is -0.348 e. The van der Waals surface area contributed by atoms with Crippen LogP contribution in [-0.4, -0.2) is 33.5 Å². The van der Waals surface area contributed by atoms with E-state index in [1.165, 1.54) is 24.3 Å². The zero-order chi connectivity index (χ0) is 19.4. The molecule has 6 nitrogen and oxygen atoms in total. The summed E-state index contributed by atoms with van der Waals surface area (Å²) in [7, 11) is -4.07. The number of halogens is 3. The minimum absolute atomic E-state index is 0. The molecule has 3 N–H and O–H groups in total. The molecule has 1 atom stereocenters. The summed E-state index contributed by atoms with van der Waals surface area (Å²) in [5.74, 6) is -2.61. The van der Waals surface area contributed by atoms with Crippen molar-refractivity contribution in [3.05, 3.63) is 59.7 Å². The molecule has 0 radical (unpaired) electrons. The number of anilines is 1. The highest BCUT2D eigenvalue weighted by Crippen LogP contribution is 2.19. The number of sulfonamides is 1. The SMILES string of the molecule is Cl.O=C(N[C@H]1CCCNC1)c1ccc(NS(=O)(=O)c2ccc(F)c(F)c2)cc1. The van der Waals surface area contributed by atoms with E-state index in [2.05, 4.69) is 15.4 Å². The number of piperidine rings is 1. The van der Waals surface area contributed by atoms with Crippen LogP contribution in [0.3, 0.4) is 0 Å². The highest BCUT2D eigenvalue weighted by Gasteiger charge is 2.18. The van der Waals surface area contributed by atoms with Gasteiger partial charge in [-0.05, 0) is 61.9 Å². The van der Waals surface area contributed by atoms with Gasteiger partial charge in [0.05, 0.1) is 4.90 Å². The summed E-state index contributed by atoms with van der Waals surface area (Å²) in [5.41, 5.74) is 0.604. The molecule has 1 aliphatic rings. The van der Waals surface area contributed by atoms with Crippen molar-refractivity contribution in [2.24, 2.45) is 0 Å². The Bertz CT molecular complexity index is 934. The van der Waals surface area contributed by atoms with Gasteiger partial charge in [0.2, 0.25) is 0 Å². The lowest BCUT2D eigenvalue weighted by atomic mass is 10.1. The highest BCUT2D eigenvalue weighted by atomic mass is 35.5. The molecule has 2 aromatic rings. The van der Waals surface area contributed by atoms with Crippen molar-refractivity contribution < 1.29 is 22.0 Å². The van der Waals surface area contributed by atoms with Crippen LogP contribution in [0.4, 0.5) is 14.5 Å². The largest absolute Gasteiger partial charge is 0.348 e. The zero-order valence-corrected chi connectivity index (χ0v) is 16.4. The van der Waals surface area contributed by atoms with Gasteiger partial charge in [-0.3, -0.25) is 9.52 Å². The van der Waals surface area contributed by atoms with E-state index >= 15 is 0 Å². The molecule has 1 heterocycles. The molecule has 0 aliphatic carbocycles. The summed E-state index contributed by atoms with van der Waals surface area (Å²) in [6.07, 6.45) is 1.90. The Hall–Kier alpha value is -2.23. The fraction of sp³-hybridized carbons (Fsp3) is 0.278. The van der Waals surface area contributed by atoms with Crippen LogP contribution in [0.15, 0.2) is 47.4 Å². The lowest BCUT2D eigenvalue weighted by molar-refractivity contribution is 0.0930. The van der Waals surface area contributed by atoms with Crippen molar-refractivity contribution in [3.8, 4) is 0 Å². The van der Waals surface area contributed by atoms with Crippen LogP contribution in [0.5, 0.6) is 0 Å². The van der Waals surface area contributed by atoms with E-state index in [9.17, 15) is 22.0 Å². The molecule has 1 fully saturated rings. The van der Waals surface area contributed by atoms with Gasteiger partial charge in [0.25, 0.3) is 15.9 Å². The Morgan fingerprint density at radius 1 is 1.07 bits per heavy atom. The van der Waals surface area contributed by atoms with Crippen LogP contribution >= 0.6 is 12.4 Å². The van der Waals surface area contributed by atoms with E-state index < -0.39 is 26.6 Å². The number of carbonyl (C=O) groups is 1. The van der Waals surface area contributed by atoms with E-state index in [0.717, 1.165) is 38.1 Å². The molecule has 3 rings (SSSR count). The first-order valence-electron chi connectivity index (χ1n) is 8.45. The van der Waals surface area contributed by atoms with Gasteiger partial charge >= 0.3 is 0 Å². The van der Waals surface area contributed by atoms with Crippen LogP contribution in [0.1, 0.15) is 23.2 Å². The molecule has 28 heavy (non-hydrogen) atoms. The fourth-order valence-corrected chi connectivity index (χ4v) is 3.86. The van der Waals surface area contributed by atoms with E-state index in [1.54, 1.807) is 0 Å². The third kappa shape index (κ3) is 5.40. The Kier molecular flexibility index (Phi) is 7.34. The molecule has 10 heteroatoms. The second-order valence-electron chi connectivity index (χ2n) is 6.28. The van der Waals surface area contributed by atoms with E-state index in [4.69, 9.17) is 0 Å². The summed E-state index contributed by atoms with van der Waals surface area (Å²) in [6, 6.07) is 8.26. The third-order valence-electron chi connectivity index (χ3n) is 4.23. The number of amides is 1. The summed E-state index contributed by atoms with van der Waals surface area (Å²) in [6.45, 7) is 1.66. The topological polar surface area (TPSA) is 87.3 Å². The van der Waals surface area contributed by atoms with E-state index in [1.807, 2.05) is 0 Å². The molecule has 0 bridgehead atoms. The van der Waals surface area contributed by atoms with Gasteiger partial charge in [-0.1, -0.05) is 0 Å². The van der Waals surface area contributed by atoms with Crippen molar-refractivity contribution in [1.82, 2.24) is 10.6 Å². The van der Waals surface area contributed by atoms with Gasteiger partial charge in [0.15, 0.2) is 11.6 Å². The van der Waals surface area contributed by atoms with E-state index in [-0.39, 0.29) is 30.0 Å². The summed E-state index contributed by atoms with van der Waals surface area (Å²) in [5, 5.41) is 6.13. The quantitative estimate of drug-likeness (QED) is 0.679. The van der Waals surface area contributed by atoms with Crippen LogP contribution in [0.25, 0.3) is 0 Å². The molecule has 1 saturated heterocycles. The van der Waals surface area contributed by atoms with Crippen LogP contribution in [0, 0.1) is 11.6 Å². The first-order chi connectivity index (χ1) is 12.8. The fourth-order valence-electron chi connectivity index (χ4n) is 2.79. The highest BCUT2D eigenvalue weighted by molar-refractivity contribution is 7.92. The maximum absolute atomic E-state index is 13.3. The third-order valence-corrected chi connectivity index (χ3v) is 5.61. The van der Waals surface area contributed by atoms with Gasteiger partial charge in [-0.2, -0.15) is 0 Å². The summed E-state index contributed by atoms with van der Waals surface area (Å²) in [4.78, 5) is 11.9. The number of carbonyl (C=O) groups excluding carboxylic acids is 1. The van der Waals surface area contributed by atoms with Crippen molar-refractivity contribution in [2.45, 2.75) is 23.8 Å². The van der Waals surface area contributed by atoms with Crippen molar-refractivity contribution >= 4 is 34.0 Å². The number of benzene rings is 2. The number of rotatable bonds is 5. The molecular formula is C18H20ClF2N3O3S. The van der Waals surface area contributed by atoms with Gasteiger partial charge in [-0.25, -0.2) is 17.2 Å². The molecule has 0 aromatic heterocycles. The van der Waals surface area contributed by atoms with Gasteiger partial charge < -0.3 is 10.6 Å². The molecule has 152 valence electrons. The predicted octanol–water partition coefficient (Wildman–Crippen LogP) is 2.67. The monoisotopic (exact) mass is 431 g/mol. The van der Waals surface area contributed by atoms with E-state index in [0.29, 0.717) is 11.6 Å². The molecule has 1 aliphatic heterocycles. The molecule has 0 spiro atoms. The van der Waals surface area contributed by atoms with Crippen LogP contribution in [-0.2, 0) is 10.0 Å². The predicted molar refractivity (Wildman–Crippen MR) is 104 cm³/mol. The average Bonchev–Trinajstić information content (AvgIpc) is 2.65. The number of hydrogen-bond acceptors (Lipinski definition) is 4. The second kappa shape index (κ2) is 9.31. The van der Waals surface area contributed by atoms with Crippen LogP contribution < -0.4 is 15.4 Å². The Balaban J connectivity index is 0.00000280. The molecule has 0 unspecified atom stereocenters. The number of hydrogen-bond donors (Lipinski definition) is 3. The first kappa shape index (κ1) is 22.1. The van der Waals surface area contributed by atoms with Crippen molar-refractivity contribution in [1.29, 1.82) is 0 Å². The maximum atomic E-state index is 13.3. The summed E-state index contributed by atoms with van der Waals surface area (Å²) < 4.78 is 53.0. The summed E-state index contributed by atoms with van der Waals surface area (Å²) >= 11 is 0. The Labute approximate surface area is 168 Å². The molecule has 0 saturated carbocycles. The standard InChI is InChI=1S/C18H19F2N3O3S.ClH/c19-16-8-7-15(10-17(16)20)27(25,26)23-13-5-3-12(4-6-13)18(24)22-14-2-1-9-21-11-14;/h3-8,10,14,21,23H,1-2,9,11H2,(H,22,24);1H/t14-;/m0./s1. The average molecular weight is 432 g/mol. The lowest BCUT2D eigenvalue weighted by Crippen LogP contribution is -2.45. The van der Waals surface area contributed by atoms with Gasteiger partial charge in [0.1, 0.15) is 0 Å². The smallest absolute Gasteiger partial charge is 0.261 e. The Morgan fingerprint density at radius 3 is 2.39 bits per heavy atom. The maximum Gasteiger partial charge on any atom is 0.261 e. The second-order valence-corrected chi connectivity index (χ2v) is 7.96.